The van der Waals surface area contributed by atoms with E-state index in [1.807, 2.05) is 0 Å². The minimum Gasteiger partial charge on any atom is -0.330 e. The highest BCUT2D eigenvalue weighted by molar-refractivity contribution is 7.99. The van der Waals surface area contributed by atoms with E-state index in [-0.39, 0.29) is 34.0 Å². The van der Waals surface area contributed by atoms with E-state index in [0.29, 0.717) is 17.3 Å². The van der Waals surface area contributed by atoms with Gasteiger partial charge < -0.3 is 4.90 Å². The van der Waals surface area contributed by atoms with Crippen molar-refractivity contribution in [2.75, 3.05) is 12.0 Å². The summed E-state index contributed by atoms with van der Waals surface area (Å²) in [5.74, 6) is -2.05. The first-order valence-electron chi connectivity index (χ1n) is 8.67. The van der Waals surface area contributed by atoms with Crippen LogP contribution >= 0.6 is 11.8 Å². The summed E-state index contributed by atoms with van der Waals surface area (Å²) in [6.07, 6.45) is -8.18. The van der Waals surface area contributed by atoms with E-state index in [9.17, 15) is 39.6 Å². The fourth-order valence-electron chi connectivity index (χ4n) is 3.08. The molecule has 0 saturated carbocycles. The lowest BCUT2D eigenvalue weighted by Gasteiger charge is -2.18. The lowest BCUT2D eigenvalue weighted by molar-refractivity contribution is -0.137. The molecule has 0 aliphatic carbocycles. The van der Waals surface area contributed by atoms with Crippen molar-refractivity contribution < 1.29 is 39.6 Å². The molecule has 0 atom stereocenters. The average Bonchev–Trinajstić information content (AvgIpc) is 3.07. The smallest absolute Gasteiger partial charge is 0.330 e. The maximum atomic E-state index is 13.0. The molecule has 1 aliphatic rings. The summed E-state index contributed by atoms with van der Waals surface area (Å²) >= 11 is 0.334. The third-order valence-electron chi connectivity index (χ3n) is 4.54. The number of rotatable bonds is 4. The van der Waals surface area contributed by atoms with Gasteiger partial charge in [-0.3, -0.25) is 4.79 Å². The van der Waals surface area contributed by atoms with Gasteiger partial charge in [-0.1, -0.05) is 6.07 Å². The van der Waals surface area contributed by atoms with E-state index in [1.54, 1.807) is 0 Å². The Hall–Kier alpha value is -2.21. The first-order valence-corrected chi connectivity index (χ1v) is 11.5. The Morgan fingerprint density at radius 2 is 1.65 bits per heavy atom. The first-order chi connectivity index (χ1) is 14.1. The Morgan fingerprint density at radius 1 is 1.00 bits per heavy atom. The monoisotopic (exact) mass is 483 g/mol. The van der Waals surface area contributed by atoms with E-state index in [4.69, 9.17) is 0 Å². The highest BCUT2D eigenvalue weighted by Gasteiger charge is 2.34. The van der Waals surface area contributed by atoms with Crippen molar-refractivity contribution in [1.82, 2.24) is 4.90 Å². The predicted octanol–water partition coefficient (Wildman–Crippen LogP) is 4.92. The van der Waals surface area contributed by atoms with Crippen LogP contribution in [0, 0.1) is 0 Å². The van der Waals surface area contributed by atoms with Crippen molar-refractivity contribution >= 4 is 27.5 Å². The van der Waals surface area contributed by atoms with E-state index in [1.165, 1.54) is 11.0 Å². The Kier molecular flexibility index (Phi) is 6.09. The molecular weight excluding hydrogens is 468 g/mol. The van der Waals surface area contributed by atoms with E-state index >= 15 is 0 Å². The number of alkyl halides is 6. The number of hydrogen-bond acceptors (Lipinski definition) is 4. The van der Waals surface area contributed by atoms with Crippen LogP contribution in [-0.2, 0) is 29.1 Å². The van der Waals surface area contributed by atoms with Crippen molar-refractivity contribution in [2.45, 2.75) is 35.2 Å². The van der Waals surface area contributed by atoms with Crippen LogP contribution in [0.2, 0.25) is 0 Å². The molecular formula is C19H15F6NO3S2. The number of halogens is 6. The fraction of sp³-hybridized carbons (Fsp3) is 0.316. The van der Waals surface area contributed by atoms with Crippen LogP contribution in [-0.4, -0.2) is 37.4 Å². The van der Waals surface area contributed by atoms with Crippen LogP contribution < -0.4 is 0 Å². The molecule has 1 heterocycles. The molecule has 0 bridgehead atoms. The molecule has 0 unspecified atom stereocenters. The van der Waals surface area contributed by atoms with Crippen LogP contribution in [0.25, 0.3) is 0 Å². The molecule has 31 heavy (non-hydrogen) atoms. The summed E-state index contributed by atoms with van der Waals surface area (Å²) in [6, 6.07) is 6.30. The zero-order chi connectivity index (χ0) is 23.2. The van der Waals surface area contributed by atoms with Crippen LogP contribution in [0.4, 0.5) is 26.3 Å². The molecule has 4 nitrogen and oxygen atoms in total. The van der Waals surface area contributed by atoms with Crippen LogP contribution in [0.3, 0.4) is 0 Å². The SMILES string of the molecule is CS(=O)(=O)c1ccc(SCC(F)(F)F)c(C(=O)N2Cc3ccc(C(F)(F)F)cc3C2)c1. The number of fused-ring (bicyclic) bond motifs is 1. The minimum atomic E-state index is -4.56. The van der Waals surface area contributed by atoms with Crippen molar-refractivity contribution in [3.63, 3.8) is 0 Å². The van der Waals surface area contributed by atoms with Gasteiger partial charge in [-0.25, -0.2) is 8.42 Å². The number of carbonyl (C=O) groups is 1. The number of nitrogens with zero attached hydrogens (tertiary/aromatic N) is 1. The molecule has 0 fully saturated rings. The van der Waals surface area contributed by atoms with Gasteiger partial charge in [0.1, 0.15) is 0 Å². The number of thioether (sulfide) groups is 1. The van der Waals surface area contributed by atoms with Gasteiger partial charge in [-0.05, 0) is 41.5 Å². The lowest BCUT2D eigenvalue weighted by atomic mass is 10.1. The molecule has 1 amide bonds. The third kappa shape index (κ3) is 5.53. The molecule has 1 aliphatic heterocycles. The maximum Gasteiger partial charge on any atom is 0.416 e. The second kappa shape index (κ2) is 8.05. The first kappa shape index (κ1) is 23.5. The Balaban J connectivity index is 1.94. The van der Waals surface area contributed by atoms with Crippen LogP contribution in [0.5, 0.6) is 0 Å². The van der Waals surface area contributed by atoms with Crippen molar-refractivity contribution in [2.24, 2.45) is 0 Å². The molecule has 0 spiro atoms. The van der Waals surface area contributed by atoms with Gasteiger partial charge in [0, 0.05) is 24.2 Å². The second-order valence-corrected chi connectivity index (χ2v) is 10.0. The van der Waals surface area contributed by atoms with E-state index in [0.717, 1.165) is 36.6 Å². The summed E-state index contributed by atoms with van der Waals surface area (Å²) in [6.45, 7) is -0.219. The molecule has 2 aromatic carbocycles. The number of carbonyl (C=O) groups excluding carboxylic acids is 1. The summed E-state index contributed by atoms with van der Waals surface area (Å²) in [5, 5.41) is 0. The van der Waals surface area contributed by atoms with Crippen LogP contribution in [0.1, 0.15) is 27.0 Å². The number of sulfone groups is 1. The highest BCUT2D eigenvalue weighted by atomic mass is 32.2. The van der Waals surface area contributed by atoms with Gasteiger partial charge in [0.25, 0.3) is 5.91 Å². The topological polar surface area (TPSA) is 54.5 Å². The normalized spacial score (nSPS) is 14.6. The summed E-state index contributed by atoms with van der Waals surface area (Å²) in [4.78, 5) is 13.9. The summed E-state index contributed by atoms with van der Waals surface area (Å²) in [7, 11) is -3.75. The van der Waals surface area contributed by atoms with Crippen molar-refractivity contribution in [1.29, 1.82) is 0 Å². The molecule has 3 rings (SSSR count). The lowest BCUT2D eigenvalue weighted by Crippen LogP contribution is -2.26. The van der Waals surface area contributed by atoms with Gasteiger partial charge in [0.05, 0.1) is 21.8 Å². The maximum absolute atomic E-state index is 13.0. The minimum absolute atomic E-state index is 0.0429. The highest BCUT2D eigenvalue weighted by Crippen LogP contribution is 2.35. The number of benzene rings is 2. The molecule has 0 saturated heterocycles. The number of hydrogen-bond donors (Lipinski definition) is 0. The van der Waals surface area contributed by atoms with E-state index in [2.05, 4.69) is 0 Å². The Morgan fingerprint density at radius 3 is 2.23 bits per heavy atom. The van der Waals surface area contributed by atoms with Gasteiger partial charge in [0.2, 0.25) is 0 Å². The zero-order valence-corrected chi connectivity index (χ0v) is 17.5. The molecule has 168 valence electrons. The van der Waals surface area contributed by atoms with Crippen molar-refractivity contribution in [3.05, 3.63) is 58.7 Å². The predicted molar refractivity (Wildman–Crippen MR) is 101 cm³/mol. The number of amides is 1. The molecule has 0 aromatic heterocycles. The average molecular weight is 483 g/mol. The zero-order valence-electron chi connectivity index (χ0n) is 15.8. The second-order valence-electron chi connectivity index (χ2n) is 6.98. The molecule has 2 aromatic rings. The Labute approximate surface area is 178 Å². The van der Waals surface area contributed by atoms with E-state index < -0.39 is 39.4 Å². The standard InChI is InChI=1S/C19H15F6NO3S2/c1-31(28,29)14-4-5-16(30-10-18(20,21)22)15(7-14)17(27)26-8-11-2-3-13(19(23,24)25)6-12(11)9-26/h2-7H,8-10H2,1H3. The van der Waals surface area contributed by atoms with Gasteiger partial charge in [-0.15, -0.1) is 11.8 Å². The molecule has 12 heteroatoms. The Bertz CT molecular complexity index is 1130. The fourth-order valence-corrected chi connectivity index (χ4v) is 4.51. The third-order valence-corrected chi connectivity index (χ3v) is 6.79. The van der Waals surface area contributed by atoms with Gasteiger partial charge >= 0.3 is 12.4 Å². The summed E-state index contributed by atoms with van der Waals surface area (Å²) in [5.41, 5.74) is -0.376. The molecule has 0 N–H and O–H groups in total. The largest absolute Gasteiger partial charge is 0.416 e. The van der Waals surface area contributed by atoms with Gasteiger partial charge in [-0.2, -0.15) is 26.3 Å². The summed E-state index contributed by atoms with van der Waals surface area (Å²) < 4.78 is 100. The molecule has 0 radical (unpaired) electrons. The van der Waals surface area contributed by atoms with Crippen molar-refractivity contribution in [3.8, 4) is 0 Å². The van der Waals surface area contributed by atoms with Crippen LogP contribution in [0.15, 0.2) is 46.2 Å². The van der Waals surface area contributed by atoms with Gasteiger partial charge in [0.15, 0.2) is 9.84 Å². The quantitative estimate of drug-likeness (QED) is 0.458.